The van der Waals surface area contributed by atoms with Gasteiger partial charge in [0.25, 0.3) is 0 Å². The highest BCUT2D eigenvalue weighted by Crippen LogP contribution is 2.35. The molecule has 1 heterocycles. The van der Waals surface area contributed by atoms with Gasteiger partial charge in [-0.15, -0.1) is 0 Å². The maximum absolute atomic E-state index is 4.83. The molecule has 2 nitrogen and oxygen atoms in total. The summed E-state index contributed by atoms with van der Waals surface area (Å²) in [5.41, 5.74) is 0.468. The normalized spacial score (nSPS) is 30.8. The largest absolute Gasteiger partial charge is 0.362 e. The molecule has 110 valence electrons. The fourth-order valence-corrected chi connectivity index (χ4v) is 4.56. The highest BCUT2D eigenvalue weighted by molar-refractivity contribution is 8.13. The molecule has 0 aromatic carbocycles. The number of thioether (sulfide) groups is 1. The molecule has 1 N–H and O–H groups in total. The lowest BCUT2D eigenvalue weighted by Crippen LogP contribution is -2.40. The van der Waals surface area contributed by atoms with Crippen molar-refractivity contribution in [3.8, 4) is 0 Å². The minimum Gasteiger partial charge on any atom is -0.362 e. The minimum absolute atomic E-state index is 0.468. The summed E-state index contributed by atoms with van der Waals surface area (Å²) >= 11 is 1.96. The summed E-state index contributed by atoms with van der Waals surface area (Å²) in [6.45, 7) is 7.97. The number of hydrogen-bond acceptors (Lipinski definition) is 3. The van der Waals surface area contributed by atoms with E-state index in [1.807, 2.05) is 11.8 Å². The molecule has 0 saturated heterocycles. The molecule has 1 aliphatic heterocycles. The van der Waals surface area contributed by atoms with E-state index in [1.165, 1.54) is 55.9 Å². The van der Waals surface area contributed by atoms with Gasteiger partial charge in [0.1, 0.15) is 0 Å². The maximum Gasteiger partial charge on any atom is 0.156 e. The second-order valence-corrected chi connectivity index (χ2v) is 7.35. The van der Waals surface area contributed by atoms with E-state index < -0.39 is 0 Å². The second kappa shape index (κ2) is 7.01. The highest BCUT2D eigenvalue weighted by Gasteiger charge is 2.31. The molecule has 2 rings (SSSR count). The third kappa shape index (κ3) is 3.90. The Balaban J connectivity index is 1.80. The Morgan fingerprint density at radius 2 is 1.84 bits per heavy atom. The van der Waals surface area contributed by atoms with Gasteiger partial charge in [0.2, 0.25) is 0 Å². The van der Waals surface area contributed by atoms with Crippen LogP contribution in [0.25, 0.3) is 0 Å². The number of amidine groups is 1. The zero-order valence-corrected chi connectivity index (χ0v) is 13.7. The van der Waals surface area contributed by atoms with Crippen molar-refractivity contribution in [3.05, 3.63) is 0 Å². The average Bonchev–Trinajstić information content (AvgIpc) is 2.49. The number of nitrogens with one attached hydrogen (secondary N) is 1. The zero-order valence-electron chi connectivity index (χ0n) is 12.9. The Morgan fingerprint density at radius 3 is 2.32 bits per heavy atom. The first-order valence-electron chi connectivity index (χ1n) is 8.15. The lowest BCUT2D eigenvalue weighted by Gasteiger charge is -2.35. The van der Waals surface area contributed by atoms with Gasteiger partial charge >= 0.3 is 0 Å². The number of nitrogens with zero attached hydrogens (tertiary/aromatic N) is 1. The lowest BCUT2D eigenvalue weighted by molar-refractivity contribution is 0.302. The maximum atomic E-state index is 4.83. The molecule has 0 radical (unpaired) electrons. The fraction of sp³-hybridized carbons (Fsp3) is 0.938. The van der Waals surface area contributed by atoms with Crippen LogP contribution in [-0.2, 0) is 0 Å². The van der Waals surface area contributed by atoms with Gasteiger partial charge < -0.3 is 5.32 Å². The van der Waals surface area contributed by atoms with Crippen LogP contribution < -0.4 is 5.32 Å². The van der Waals surface area contributed by atoms with Crippen LogP contribution in [0, 0.1) is 11.3 Å². The van der Waals surface area contributed by atoms with E-state index in [9.17, 15) is 0 Å². The molecule has 0 atom stereocenters. The monoisotopic (exact) mass is 282 g/mol. The molecule has 1 saturated carbocycles. The zero-order chi connectivity index (χ0) is 13.7. The summed E-state index contributed by atoms with van der Waals surface area (Å²) in [5.74, 6) is 2.22. The van der Waals surface area contributed by atoms with Crippen LogP contribution in [-0.4, -0.2) is 23.5 Å². The van der Waals surface area contributed by atoms with Crippen molar-refractivity contribution in [1.82, 2.24) is 5.32 Å². The van der Waals surface area contributed by atoms with Crippen LogP contribution >= 0.6 is 11.8 Å². The van der Waals surface area contributed by atoms with Crippen LogP contribution in [0.15, 0.2) is 4.99 Å². The van der Waals surface area contributed by atoms with Gasteiger partial charge in [-0.25, -0.2) is 0 Å². The Morgan fingerprint density at radius 1 is 1.16 bits per heavy atom. The van der Waals surface area contributed by atoms with E-state index in [2.05, 4.69) is 26.1 Å². The summed E-state index contributed by atoms with van der Waals surface area (Å²) in [6.07, 6.45) is 9.36. The van der Waals surface area contributed by atoms with Crippen molar-refractivity contribution >= 4 is 16.9 Å². The van der Waals surface area contributed by atoms with Crippen molar-refractivity contribution in [3.63, 3.8) is 0 Å². The molecule has 0 unspecified atom stereocenters. The average molecular weight is 282 g/mol. The number of hydrogen-bond donors (Lipinski definition) is 1. The third-order valence-corrected chi connectivity index (χ3v) is 6.60. The second-order valence-electron chi connectivity index (χ2n) is 6.39. The van der Waals surface area contributed by atoms with Crippen LogP contribution in [0.5, 0.6) is 0 Å². The Kier molecular flexibility index (Phi) is 5.61. The van der Waals surface area contributed by atoms with E-state index in [4.69, 9.17) is 4.99 Å². The molecular formula is C16H30N2S. The van der Waals surface area contributed by atoms with Gasteiger partial charge in [0.05, 0.1) is 0 Å². The SMILES string of the molecule is CCC1CCC(NC2=NCC(CC)(CC)CS2)CC1. The quantitative estimate of drug-likeness (QED) is 0.823. The van der Waals surface area contributed by atoms with Gasteiger partial charge in [-0.05, 0) is 49.9 Å². The fourth-order valence-electron chi connectivity index (χ4n) is 3.21. The van der Waals surface area contributed by atoms with Crippen molar-refractivity contribution in [2.24, 2.45) is 16.3 Å². The summed E-state index contributed by atoms with van der Waals surface area (Å²) in [6, 6.07) is 0.685. The van der Waals surface area contributed by atoms with E-state index >= 15 is 0 Å². The Bertz CT molecular complexity index is 302. The first-order valence-corrected chi connectivity index (χ1v) is 9.13. The lowest BCUT2D eigenvalue weighted by atomic mass is 9.84. The first kappa shape index (κ1) is 15.2. The molecule has 0 spiro atoms. The van der Waals surface area contributed by atoms with Gasteiger partial charge in [0, 0.05) is 18.3 Å². The van der Waals surface area contributed by atoms with E-state index in [1.54, 1.807) is 0 Å². The molecular weight excluding hydrogens is 252 g/mol. The minimum atomic E-state index is 0.468. The first-order chi connectivity index (χ1) is 9.21. The van der Waals surface area contributed by atoms with E-state index in [-0.39, 0.29) is 0 Å². The predicted molar refractivity (Wildman–Crippen MR) is 86.9 cm³/mol. The summed E-state index contributed by atoms with van der Waals surface area (Å²) in [5, 5.41) is 4.92. The van der Waals surface area contributed by atoms with Crippen LogP contribution in [0.3, 0.4) is 0 Å². The Labute approximate surface area is 123 Å². The topological polar surface area (TPSA) is 24.4 Å². The molecule has 0 bridgehead atoms. The smallest absolute Gasteiger partial charge is 0.156 e. The van der Waals surface area contributed by atoms with Crippen molar-refractivity contribution in [1.29, 1.82) is 0 Å². The summed E-state index contributed by atoms with van der Waals surface area (Å²) in [4.78, 5) is 4.83. The van der Waals surface area contributed by atoms with Crippen molar-refractivity contribution in [2.75, 3.05) is 12.3 Å². The highest BCUT2D eigenvalue weighted by atomic mass is 32.2. The van der Waals surface area contributed by atoms with Crippen LogP contribution in [0.2, 0.25) is 0 Å². The molecule has 19 heavy (non-hydrogen) atoms. The molecule has 0 amide bonds. The van der Waals surface area contributed by atoms with Crippen LogP contribution in [0.4, 0.5) is 0 Å². The van der Waals surface area contributed by atoms with Gasteiger partial charge in [0.15, 0.2) is 5.17 Å². The molecule has 2 aliphatic rings. The van der Waals surface area contributed by atoms with Gasteiger partial charge in [-0.3, -0.25) is 4.99 Å². The summed E-state index contributed by atoms with van der Waals surface area (Å²) < 4.78 is 0. The van der Waals surface area contributed by atoms with E-state index in [0.717, 1.165) is 12.5 Å². The van der Waals surface area contributed by atoms with Crippen molar-refractivity contribution in [2.45, 2.75) is 71.8 Å². The predicted octanol–water partition coefficient (Wildman–Crippen LogP) is 4.45. The molecule has 3 heteroatoms. The van der Waals surface area contributed by atoms with Crippen molar-refractivity contribution < 1.29 is 0 Å². The van der Waals surface area contributed by atoms with Gasteiger partial charge in [-0.1, -0.05) is 39.0 Å². The van der Waals surface area contributed by atoms with E-state index in [0.29, 0.717) is 11.5 Å². The molecule has 0 aromatic rings. The van der Waals surface area contributed by atoms with Gasteiger partial charge in [-0.2, -0.15) is 0 Å². The third-order valence-electron chi connectivity index (χ3n) is 5.32. The number of rotatable bonds is 4. The summed E-state index contributed by atoms with van der Waals surface area (Å²) in [7, 11) is 0. The molecule has 1 aliphatic carbocycles. The Hall–Kier alpha value is -0.180. The molecule has 0 aromatic heterocycles. The standard InChI is InChI=1S/C16H30N2S/c1-4-13-7-9-14(10-8-13)18-15-17-11-16(5-2,6-3)12-19-15/h13-14H,4-12H2,1-3H3,(H,17,18). The number of aliphatic imine (C=N–C) groups is 1. The van der Waals surface area contributed by atoms with Crippen LogP contribution in [0.1, 0.15) is 65.7 Å². The molecule has 1 fully saturated rings.